The molecule has 0 radical (unpaired) electrons. The third-order valence-corrected chi connectivity index (χ3v) is 3.09. The van der Waals surface area contributed by atoms with Gasteiger partial charge >= 0.3 is 0 Å². The maximum Gasteiger partial charge on any atom is 0.208 e. The molecule has 1 aromatic heterocycles. The van der Waals surface area contributed by atoms with E-state index < -0.39 is 16.9 Å². The summed E-state index contributed by atoms with van der Waals surface area (Å²) in [6.07, 6.45) is 0. The summed E-state index contributed by atoms with van der Waals surface area (Å²) in [5.41, 5.74) is -0.637. The van der Waals surface area contributed by atoms with Gasteiger partial charge in [0, 0.05) is 6.07 Å². The SMILES string of the molecule is COc1cc(O)c(O)c2oc3cccc(O)c3c(=O)c12. The van der Waals surface area contributed by atoms with Crippen molar-refractivity contribution in [2.45, 2.75) is 0 Å². The van der Waals surface area contributed by atoms with Crippen molar-refractivity contribution in [3.63, 3.8) is 0 Å². The van der Waals surface area contributed by atoms with Gasteiger partial charge in [0.05, 0.1) is 7.11 Å². The summed E-state index contributed by atoms with van der Waals surface area (Å²) in [5.74, 6) is -1.19. The number of aromatic hydroxyl groups is 3. The van der Waals surface area contributed by atoms with Gasteiger partial charge < -0.3 is 24.5 Å². The lowest BCUT2D eigenvalue weighted by molar-refractivity contribution is 0.387. The zero-order valence-corrected chi connectivity index (χ0v) is 10.4. The number of phenols is 3. The number of phenolic OH excluding ortho intramolecular Hbond substituents is 3. The molecule has 3 aromatic rings. The van der Waals surface area contributed by atoms with Crippen LogP contribution in [0.5, 0.6) is 23.0 Å². The fraction of sp³-hybridized carbons (Fsp3) is 0.0714. The van der Waals surface area contributed by atoms with E-state index in [1.54, 1.807) is 0 Å². The summed E-state index contributed by atoms with van der Waals surface area (Å²) in [6, 6.07) is 5.45. The van der Waals surface area contributed by atoms with E-state index in [-0.39, 0.29) is 33.4 Å². The molecule has 102 valence electrons. The highest BCUT2D eigenvalue weighted by molar-refractivity contribution is 5.99. The predicted molar refractivity (Wildman–Crippen MR) is 71.5 cm³/mol. The second kappa shape index (κ2) is 4.06. The zero-order valence-electron chi connectivity index (χ0n) is 10.4. The minimum atomic E-state index is -0.553. The highest BCUT2D eigenvalue weighted by atomic mass is 16.5. The van der Waals surface area contributed by atoms with Gasteiger partial charge in [-0.1, -0.05) is 6.07 Å². The number of methoxy groups -OCH3 is 1. The standard InChI is InChI=1S/C14H10O6/c1-19-9-5-7(16)12(17)14-11(9)13(18)10-6(15)3-2-4-8(10)20-14/h2-5,15-17H,1H3. The highest BCUT2D eigenvalue weighted by Gasteiger charge is 2.20. The molecule has 0 saturated carbocycles. The van der Waals surface area contributed by atoms with E-state index in [9.17, 15) is 20.1 Å². The summed E-state index contributed by atoms with van der Waals surface area (Å²) in [6.45, 7) is 0. The molecule has 6 nitrogen and oxygen atoms in total. The van der Waals surface area contributed by atoms with Gasteiger partial charge in [-0.3, -0.25) is 4.79 Å². The molecule has 0 aliphatic rings. The Hall–Kier alpha value is -2.89. The maximum absolute atomic E-state index is 12.5. The molecule has 0 fully saturated rings. The summed E-state index contributed by atoms with van der Waals surface area (Å²) in [5, 5.41) is 29.2. The molecule has 0 spiro atoms. The Morgan fingerprint density at radius 1 is 1.10 bits per heavy atom. The molecule has 0 amide bonds. The Morgan fingerprint density at radius 3 is 2.55 bits per heavy atom. The first kappa shape index (κ1) is 12.2. The Labute approximate surface area is 112 Å². The van der Waals surface area contributed by atoms with Crippen LogP contribution < -0.4 is 10.2 Å². The second-order valence-corrected chi connectivity index (χ2v) is 4.23. The summed E-state index contributed by atoms with van der Waals surface area (Å²) >= 11 is 0. The molecule has 20 heavy (non-hydrogen) atoms. The van der Waals surface area contributed by atoms with Gasteiger partial charge in [0.15, 0.2) is 11.3 Å². The first-order valence-electron chi connectivity index (χ1n) is 5.72. The Balaban J connectivity index is 2.67. The van der Waals surface area contributed by atoms with Crippen molar-refractivity contribution >= 4 is 21.9 Å². The molecule has 2 aromatic carbocycles. The molecule has 0 aliphatic heterocycles. The first-order chi connectivity index (χ1) is 9.54. The van der Waals surface area contributed by atoms with Gasteiger partial charge in [-0.15, -0.1) is 0 Å². The largest absolute Gasteiger partial charge is 0.507 e. The minimum Gasteiger partial charge on any atom is -0.507 e. The van der Waals surface area contributed by atoms with Crippen molar-refractivity contribution in [1.82, 2.24) is 0 Å². The van der Waals surface area contributed by atoms with Crippen LogP contribution in [-0.4, -0.2) is 22.4 Å². The van der Waals surface area contributed by atoms with Gasteiger partial charge in [0.2, 0.25) is 11.2 Å². The third kappa shape index (κ3) is 1.48. The van der Waals surface area contributed by atoms with E-state index >= 15 is 0 Å². The number of ether oxygens (including phenoxy) is 1. The average Bonchev–Trinajstić information content (AvgIpc) is 2.43. The molecule has 0 atom stereocenters. The van der Waals surface area contributed by atoms with Crippen LogP contribution in [0.2, 0.25) is 0 Å². The fourth-order valence-corrected chi connectivity index (χ4v) is 2.15. The third-order valence-electron chi connectivity index (χ3n) is 3.09. The van der Waals surface area contributed by atoms with Crippen LogP contribution in [0, 0.1) is 0 Å². The molecule has 0 aliphatic carbocycles. The van der Waals surface area contributed by atoms with Gasteiger partial charge in [-0.25, -0.2) is 0 Å². The molecule has 6 heteroatoms. The van der Waals surface area contributed by atoms with Gasteiger partial charge in [0.1, 0.15) is 27.9 Å². The van der Waals surface area contributed by atoms with Crippen LogP contribution in [0.1, 0.15) is 0 Å². The molecular formula is C14H10O6. The maximum atomic E-state index is 12.5. The van der Waals surface area contributed by atoms with Crippen molar-refractivity contribution in [1.29, 1.82) is 0 Å². The number of hydrogen-bond donors (Lipinski definition) is 3. The summed E-state index contributed by atoms with van der Waals surface area (Å²) in [7, 11) is 1.32. The molecule has 3 rings (SSSR count). The van der Waals surface area contributed by atoms with Crippen molar-refractivity contribution in [3.8, 4) is 23.0 Å². The van der Waals surface area contributed by atoms with Crippen molar-refractivity contribution < 1.29 is 24.5 Å². The van der Waals surface area contributed by atoms with E-state index in [0.717, 1.165) is 6.07 Å². The van der Waals surface area contributed by atoms with Crippen LogP contribution in [0.15, 0.2) is 33.5 Å². The fourth-order valence-electron chi connectivity index (χ4n) is 2.15. The van der Waals surface area contributed by atoms with Crippen molar-refractivity contribution in [3.05, 3.63) is 34.5 Å². The van der Waals surface area contributed by atoms with Crippen LogP contribution in [-0.2, 0) is 0 Å². The molecule has 0 saturated heterocycles. The Morgan fingerprint density at radius 2 is 1.85 bits per heavy atom. The normalized spacial score (nSPS) is 11.1. The molecule has 0 unspecified atom stereocenters. The minimum absolute atomic E-state index is 0.0108. The van der Waals surface area contributed by atoms with Crippen LogP contribution in [0.25, 0.3) is 21.9 Å². The number of rotatable bonds is 1. The number of hydrogen-bond acceptors (Lipinski definition) is 6. The van der Waals surface area contributed by atoms with E-state index in [1.165, 1.54) is 25.3 Å². The Bertz CT molecular complexity index is 894. The highest BCUT2D eigenvalue weighted by Crippen LogP contribution is 2.40. The van der Waals surface area contributed by atoms with Gasteiger partial charge in [-0.05, 0) is 12.1 Å². The summed E-state index contributed by atoms with van der Waals surface area (Å²) < 4.78 is 10.4. The van der Waals surface area contributed by atoms with E-state index in [2.05, 4.69) is 0 Å². The lowest BCUT2D eigenvalue weighted by Crippen LogP contribution is -2.04. The van der Waals surface area contributed by atoms with Gasteiger partial charge in [-0.2, -0.15) is 0 Å². The molecular weight excluding hydrogens is 264 g/mol. The quantitative estimate of drug-likeness (QED) is 0.464. The lowest BCUT2D eigenvalue weighted by atomic mass is 10.1. The number of benzene rings is 2. The Kier molecular flexibility index (Phi) is 2.47. The molecule has 3 N–H and O–H groups in total. The monoisotopic (exact) mass is 274 g/mol. The molecule has 1 heterocycles. The van der Waals surface area contributed by atoms with Crippen molar-refractivity contribution in [2.24, 2.45) is 0 Å². The van der Waals surface area contributed by atoms with Crippen LogP contribution >= 0.6 is 0 Å². The van der Waals surface area contributed by atoms with Crippen LogP contribution in [0.3, 0.4) is 0 Å². The van der Waals surface area contributed by atoms with Crippen molar-refractivity contribution in [2.75, 3.05) is 7.11 Å². The lowest BCUT2D eigenvalue weighted by Gasteiger charge is -2.09. The topological polar surface area (TPSA) is 100 Å². The van der Waals surface area contributed by atoms with Gasteiger partial charge in [0.25, 0.3) is 0 Å². The number of fused-ring (bicyclic) bond motifs is 2. The van der Waals surface area contributed by atoms with E-state index in [0.29, 0.717) is 0 Å². The second-order valence-electron chi connectivity index (χ2n) is 4.23. The van der Waals surface area contributed by atoms with E-state index in [1.807, 2.05) is 0 Å². The van der Waals surface area contributed by atoms with E-state index in [4.69, 9.17) is 9.15 Å². The first-order valence-corrected chi connectivity index (χ1v) is 5.72. The molecule has 0 bridgehead atoms. The average molecular weight is 274 g/mol. The van der Waals surface area contributed by atoms with Crippen LogP contribution in [0.4, 0.5) is 0 Å². The smallest absolute Gasteiger partial charge is 0.208 e. The zero-order chi connectivity index (χ0) is 14.4. The summed E-state index contributed by atoms with van der Waals surface area (Å²) in [4.78, 5) is 12.5. The predicted octanol–water partition coefficient (Wildman–Crippen LogP) is 2.07.